The van der Waals surface area contributed by atoms with Crippen LogP contribution in [0.15, 0.2) is 79.0 Å². The Morgan fingerprint density at radius 3 is 2.39 bits per heavy atom. The quantitative estimate of drug-likeness (QED) is 0.440. The molecule has 3 aromatic carbocycles. The number of aromatic nitrogens is 1. The zero-order valence-electron chi connectivity index (χ0n) is 15.2. The highest BCUT2D eigenvalue weighted by Crippen LogP contribution is 2.19. The summed E-state index contributed by atoms with van der Waals surface area (Å²) in [6.07, 6.45) is 2.20. The predicted molar refractivity (Wildman–Crippen MR) is 111 cm³/mol. The van der Waals surface area contributed by atoms with Gasteiger partial charge in [0.25, 0.3) is 0 Å². The van der Waals surface area contributed by atoms with Crippen molar-refractivity contribution in [2.75, 3.05) is 10.6 Å². The summed E-state index contributed by atoms with van der Waals surface area (Å²) >= 11 is 0. The molecule has 0 aliphatic heterocycles. The van der Waals surface area contributed by atoms with Crippen LogP contribution in [0.25, 0.3) is 10.9 Å². The van der Waals surface area contributed by atoms with Crippen LogP contribution in [-0.2, 0) is 17.8 Å². The van der Waals surface area contributed by atoms with Crippen molar-refractivity contribution in [3.63, 3.8) is 0 Å². The molecule has 4 rings (SSSR count). The van der Waals surface area contributed by atoms with Crippen LogP contribution in [0.3, 0.4) is 0 Å². The lowest BCUT2D eigenvalue weighted by atomic mass is 10.1. The van der Waals surface area contributed by atoms with Crippen LogP contribution in [0.2, 0.25) is 0 Å². The molecule has 0 atom stereocenters. The first-order valence-corrected chi connectivity index (χ1v) is 9.10. The Morgan fingerprint density at radius 2 is 1.61 bits per heavy atom. The third-order valence-electron chi connectivity index (χ3n) is 4.60. The normalized spacial score (nSPS) is 10.8. The van der Waals surface area contributed by atoms with E-state index in [-0.39, 0.29) is 11.7 Å². The lowest BCUT2D eigenvalue weighted by Crippen LogP contribution is -2.14. The lowest BCUT2D eigenvalue weighted by molar-refractivity contribution is -0.115. The van der Waals surface area contributed by atoms with Crippen molar-refractivity contribution in [3.05, 3.63) is 95.9 Å². The van der Waals surface area contributed by atoms with Gasteiger partial charge in [-0.15, -0.1) is 0 Å². The highest BCUT2D eigenvalue weighted by Gasteiger charge is 2.09. The van der Waals surface area contributed by atoms with Gasteiger partial charge in [-0.25, -0.2) is 4.39 Å². The molecule has 0 aliphatic rings. The number of anilines is 2. The standard InChI is InChI=1S/C23H20FN3O/c24-18-7-5-16(6-8-18)14-25-19-9-11-20(12-10-19)27-23(28)13-17-15-26-22-4-2-1-3-21(17)22/h1-12,15,25-26H,13-14H2,(H,27,28). The first kappa shape index (κ1) is 17.8. The second-order valence-corrected chi connectivity index (χ2v) is 6.64. The van der Waals surface area contributed by atoms with Crippen LogP contribution in [0, 0.1) is 5.82 Å². The summed E-state index contributed by atoms with van der Waals surface area (Å²) < 4.78 is 12.9. The Labute approximate surface area is 162 Å². The van der Waals surface area contributed by atoms with Gasteiger partial charge >= 0.3 is 0 Å². The third-order valence-corrected chi connectivity index (χ3v) is 4.60. The van der Waals surface area contributed by atoms with E-state index in [0.29, 0.717) is 13.0 Å². The minimum atomic E-state index is -0.239. The molecule has 4 aromatic rings. The fraction of sp³-hybridized carbons (Fsp3) is 0.0870. The number of fused-ring (bicyclic) bond motifs is 1. The number of halogens is 1. The molecule has 0 fully saturated rings. The zero-order valence-corrected chi connectivity index (χ0v) is 15.2. The molecule has 0 radical (unpaired) electrons. The van der Waals surface area contributed by atoms with Crippen LogP contribution in [-0.4, -0.2) is 10.9 Å². The molecule has 0 saturated heterocycles. The number of hydrogen-bond donors (Lipinski definition) is 3. The van der Waals surface area contributed by atoms with E-state index in [4.69, 9.17) is 0 Å². The van der Waals surface area contributed by atoms with E-state index < -0.39 is 0 Å². The van der Waals surface area contributed by atoms with Crippen LogP contribution in [0.5, 0.6) is 0 Å². The summed E-state index contributed by atoms with van der Waals surface area (Å²) in [5, 5.41) is 7.28. The van der Waals surface area contributed by atoms with E-state index in [9.17, 15) is 9.18 Å². The summed E-state index contributed by atoms with van der Waals surface area (Å²) in [5.41, 5.74) is 4.68. The Hall–Kier alpha value is -3.60. The van der Waals surface area contributed by atoms with Gasteiger partial charge in [-0.05, 0) is 53.6 Å². The van der Waals surface area contributed by atoms with Gasteiger partial charge in [0.2, 0.25) is 5.91 Å². The van der Waals surface area contributed by atoms with Crippen molar-refractivity contribution in [2.24, 2.45) is 0 Å². The fourth-order valence-electron chi connectivity index (χ4n) is 3.13. The number of aromatic amines is 1. The fourth-order valence-corrected chi connectivity index (χ4v) is 3.13. The Balaban J connectivity index is 1.33. The molecule has 0 spiro atoms. The van der Waals surface area contributed by atoms with Crippen molar-refractivity contribution < 1.29 is 9.18 Å². The summed E-state index contributed by atoms with van der Waals surface area (Å²) in [6.45, 7) is 0.604. The molecule has 4 nitrogen and oxygen atoms in total. The minimum Gasteiger partial charge on any atom is -0.381 e. The van der Waals surface area contributed by atoms with E-state index in [1.165, 1.54) is 12.1 Å². The molecule has 0 bridgehead atoms. The van der Waals surface area contributed by atoms with Crippen LogP contribution >= 0.6 is 0 Å². The van der Waals surface area contributed by atoms with Gasteiger partial charge in [0.15, 0.2) is 0 Å². The van der Waals surface area contributed by atoms with Gasteiger partial charge in [-0.2, -0.15) is 0 Å². The predicted octanol–water partition coefficient (Wildman–Crippen LogP) is 5.10. The number of para-hydroxylation sites is 1. The van der Waals surface area contributed by atoms with E-state index in [1.54, 1.807) is 12.1 Å². The average molecular weight is 373 g/mol. The smallest absolute Gasteiger partial charge is 0.228 e. The second kappa shape index (κ2) is 7.96. The van der Waals surface area contributed by atoms with Crippen molar-refractivity contribution in [2.45, 2.75) is 13.0 Å². The topological polar surface area (TPSA) is 56.9 Å². The van der Waals surface area contributed by atoms with Gasteiger partial charge in [0.1, 0.15) is 5.82 Å². The molecular formula is C23H20FN3O. The summed E-state index contributed by atoms with van der Waals surface area (Å²) in [4.78, 5) is 15.6. The second-order valence-electron chi connectivity index (χ2n) is 6.64. The minimum absolute atomic E-state index is 0.0585. The third kappa shape index (κ3) is 4.20. The summed E-state index contributed by atoms with van der Waals surface area (Å²) in [5.74, 6) is -0.298. The maximum Gasteiger partial charge on any atom is 0.228 e. The lowest BCUT2D eigenvalue weighted by Gasteiger charge is -2.09. The molecule has 0 saturated carbocycles. The van der Waals surface area contributed by atoms with Gasteiger partial charge in [-0.1, -0.05) is 30.3 Å². The molecule has 3 N–H and O–H groups in total. The molecule has 5 heteroatoms. The largest absolute Gasteiger partial charge is 0.381 e. The number of nitrogens with one attached hydrogen (secondary N) is 3. The zero-order chi connectivity index (χ0) is 19.3. The molecule has 0 aliphatic carbocycles. The van der Waals surface area contributed by atoms with E-state index >= 15 is 0 Å². The Bertz CT molecular complexity index is 1090. The molecular weight excluding hydrogens is 353 g/mol. The molecule has 1 heterocycles. The summed E-state index contributed by atoms with van der Waals surface area (Å²) in [6, 6.07) is 21.9. The molecule has 140 valence electrons. The van der Waals surface area contributed by atoms with Gasteiger partial charge in [0, 0.05) is 35.0 Å². The van der Waals surface area contributed by atoms with Crippen LogP contribution in [0.4, 0.5) is 15.8 Å². The number of amides is 1. The monoisotopic (exact) mass is 373 g/mol. The van der Waals surface area contributed by atoms with Crippen molar-refractivity contribution >= 4 is 28.2 Å². The van der Waals surface area contributed by atoms with Crippen LogP contribution in [0.1, 0.15) is 11.1 Å². The first-order valence-electron chi connectivity index (χ1n) is 9.10. The first-order chi connectivity index (χ1) is 13.7. The summed E-state index contributed by atoms with van der Waals surface area (Å²) in [7, 11) is 0. The van der Waals surface area contributed by atoms with Gasteiger partial charge < -0.3 is 15.6 Å². The molecule has 28 heavy (non-hydrogen) atoms. The Kier molecular flexibility index (Phi) is 5.06. The van der Waals surface area contributed by atoms with Crippen molar-refractivity contribution in [1.29, 1.82) is 0 Å². The molecule has 1 amide bonds. The van der Waals surface area contributed by atoms with Gasteiger partial charge in [-0.3, -0.25) is 4.79 Å². The van der Waals surface area contributed by atoms with E-state index in [1.807, 2.05) is 54.7 Å². The maximum absolute atomic E-state index is 12.9. The molecule has 1 aromatic heterocycles. The number of rotatable bonds is 6. The molecule has 0 unspecified atom stereocenters. The average Bonchev–Trinajstić information content (AvgIpc) is 3.11. The number of benzene rings is 3. The number of hydrogen-bond acceptors (Lipinski definition) is 2. The number of H-pyrrole nitrogens is 1. The van der Waals surface area contributed by atoms with Crippen molar-refractivity contribution in [3.8, 4) is 0 Å². The Morgan fingerprint density at radius 1 is 0.893 bits per heavy atom. The van der Waals surface area contributed by atoms with E-state index in [0.717, 1.165) is 33.4 Å². The highest BCUT2D eigenvalue weighted by atomic mass is 19.1. The number of carbonyl (C=O) groups is 1. The number of carbonyl (C=O) groups excluding carboxylic acids is 1. The SMILES string of the molecule is O=C(Cc1c[nH]c2ccccc12)Nc1ccc(NCc2ccc(F)cc2)cc1. The van der Waals surface area contributed by atoms with E-state index in [2.05, 4.69) is 15.6 Å². The van der Waals surface area contributed by atoms with Crippen LogP contribution < -0.4 is 10.6 Å². The van der Waals surface area contributed by atoms with Gasteiger partial charge in [0.05, 0.1) is 6.42 Å². The highest BCUT2D eigenvalue weighted by molar-refractivity contribution is 5.95. The maximum atomic E-state index is 12.9. The van der Waals surface area contributed by atoms with Crippen molar-refractivity contribution in [1.82, 2.24) is 4.98 Å².